The lowest BCUT2D eigenvalue weighted by atomic mass is 9.70. The molecule has 3 fully saturated rings. The predicted octanol–water partition coefficient (Wildman–Crippen LogP) is 5.94. The lowest BCUT2D eigenvalue weighted by Crippen LogP contribution is -2.59. The molecular weight excluding hydrogens is 611 g/mol. The quantitative estimate of drug-likeness (QED) is 0.253. The van der Waals surface area contributed by atoms with E-state index in [-0.39, 0.29) is 48.6 Å². The third-order valence-electron chi connectivity index (χ3n) is 10.4. The average molecular weight is 660 g/mol. The summed E-state index contributed by atoms with van der Waals surface area (Å²) in [6.45, 7) is 18.7. The van der Waals surface area contributed by atoms with Gasteiger partial charge in [0.25, 0.3) is 5.91 Å². The molecule has 1 spiro atoms. The van der Waals surface area contributed by atoms with E-state index in [4.69, 9.17) is 4.74 Å². The second-order valence-electron chi connectivity index (χ2n) is 13.1. The van der Waals surface area contributed by atoms with Crippen LogP contribution in [-0.4, -0.2) is 76.1 Å². The molecule has 3 saturated heterocycles. The van der Waals surface area contributed by atoms with Crippen LogP contribution in [0.4, 0.5) is 11.4 Å². The number of hydrogen-bond donors (Lipinski definition) is 1. The summed E-state index contributed by atoms with van der Waals surface area (Å²) in [6, 6.07) is 12.0. The molecule has 3 heterocycles. The monoisotopic (exact) mass is 659 g/mol. The average Bonchev–Trinajstić information content (AvgIpc) is 3.71. The minimum absolute atomic E-state index is 0.0556. The van der Waals surface area contributed by atoms with Crippen LogP contribution in [0.3, 0.4) is 0 Å². The van der Waals surface area contributed by atoms with Gasteiger partial charge in [-0.3, -0.25) is 14.4 Å². The Morgan fingerprint density at radius 1 is 1.06 bits per heavy atom. The molecule has 2 bridgehead atoms. The summed E-state index contributed by atoms with van der Waals surface area (Å²) in [7, 11) is 0. The number of nitrogens with zero attached hydrogens (tertiary/aromatic N) is 3. The van der Waals surface area contributed by atoms with E-state index in [1.54, 1.807) is 38.6 Å². The summed E-state index contributed by atoms with van der Waals surface area (Å²) in [6.07, 6.45) is 5.51. The fourth-order valence-corrected chi connectivity index (χ4v) is 10.3. The summed E-state index contributed by atoms with van der Waals surface area (Å²) in [4.78, 5) is 49.9. The highest BCUT2D eigenvalue weighted by Crippen LogP contribution is 2.67. The molecule has 3 aliphatic rings. The lowest BCUT2D eigenvalue weighted by Gasteiger charge is -2.41. The van der Waals surface area contributed by atoms with Crippen molar-refractivity contribution in [2.45, 2.75) is 76.0 Å². The van der Waals surface area contributed by atoms with E-state index < -0.39 is 28.7 Å². The van der Waals surface area contributed by atoms with Crippen molar-refractivity contribution in [2.75, 3.05) is 36.1 Å². The number of fused-ring (bicyclic) bond motifs is 1. The smallest absolute Gasteiger partial charge is 0.251 e. The zero-order valence-corrected chi connectivity index (χ0v) is 29.2. The summed E-state index contributed by atoms with van der Waals surface area (Å²) in [5, 5.41) is 10.7. The maximum atomic E-state index is 15.1. The summed E-state index contributed by atoms with van der Waals surface area (Å²) >= 11 is 1.65. The molecule has 0 radical (unpaired) electrons. The van der Waals surface area contributed by atoms with E-state index >= 15 is 4.79 Å². The van der Waals surface area contributed by atoms with Gasteiger partial charge in [-0.05, 0) is 74.9 Å². The Kier molecular flexibility index (Phi) is 10.6. The van der Waals surface area contributed by atoms with E-state index in [1.165, 1.54) is 0 Å². The van der Waals surface area contributed by atoms with Gasteiger partial charge in [-0.1, -0.05) is 50.6 Å². The zero-order valence-electron chi connectivity index (χ0n) is 28.4. The maximum absolute atomic E-state index is 15.1. The fraction of sp³-hybridized carbons (Fsp3) is 0.500. The van der Waals surface area contributed by atoms with Gasteiger partial charge in [-0.25, -0.2) is 0 Å². The highest BCUT2D eigenvalue weighted by atomic mass is 32.2. The van der Waals surface area contributed by atoms with E-state index in [1.807, 2.05) is 77.1 Å². The number of aliphatic hydroxyl groups excluding tert-OH is 1. The highest BCUT2D eigenvalue weighted by molar-refractivity contribution is 8.02. The van der Waals surface area contributed by atoms with Crippen molar-refractivity contribution in [2.24, 2.45) is 17.8 Å². The number of para-hydroxylation sites is 1. The number of anilines is 2. The molecule has 8 nitrogen and oxygen atoms in total. The Bertz CT molecular complexity index is 1490. The standard InChI is InChI=1S/C38H49N3O5S/c1-8-21-39(27-15-17-28(18-16-27)46-11-4)35(43)31-30-19-20-38(47-30)32(31)36(44)41(29(23-42)24(5)10-3)34(38)37(45)40(22-9-2)33-25(6)13-12-14-26(33)7/h8-9,12-18,24,29-32,34,42H,1-2,10-11,19-23H2,3-7H3/t24-,29-,30-,31+,32-,34?,38?/m0/s1. The lowest BCUT2D eigenvalue weighted by molar-refractivity contribution is -0.143. The van der Waals surface area contributed by atoms with Crippen LogP contribution in [0, 0.1) is 31.6 Å². The Hall–Kier alpha value is -3.56. The van der Waals surface area contributed by atoms with Crippen LogP contribution in [0.25, 0.3) is 0 Å². The fourth-order valence-electron chi connectivity index (χ4n) is 8.14. The molecular formula is C38H49N3O5S. The zero-order chi connectivity index (χ0) is 34.0. The molecule has 0 saturated carbocycles. The number of aryl methyl sites for hydroxylation is 2. The number of benzene rings is 2. The first-order valence-electron chi connectivity index (χ1n) is 16.8. The molecule has 0 aromatic heterocycles. The van der Waals surface area contributed by atoms with Crippen LogP contribution >= 0.6 is 11.8 Å². The van der Waals surface area contributed by atoms with Crippen molar-refractivity contribution >= 4 is 40.9 Å². The number of aliphatic hydroxyl groups is 1. The molecule has 2 aromatic carbocycles. The number of ether oxygens (including phenoxy) is 1. The predicted molar refractivity (Wildman–Crippen MR) is 190 cm³/mol. The van der Waals surface area contributed by atoms with Gasteiger partial charge in [0.2, 0.25) is 11.8 Å². The SMILES string of the molecule is C=CCN(C(=O)[C@@H]1[C@@H]2CCC3(S2)C(C(=O)N(CC=C)c2c(C)cccc2C)N([C@@H](CO)[C@@H](C)CC)C(=O)[C@H]13)c1ccc(OCC)cc1. The van der Waals surface area contributed by atoms with Crippen LogP contribution in [-0.2, 0) is 14.4 Å². The van der Waals surface area contributed by atoms with Gasteiger partial charge < -0.3 is 24.5 Å². The van der Waals surface area contributed by atoms with Crippen LogP contribution in [0.5, 0.6) is 5.75 Å². The number of thioether (sulfide) groups is 1. The molecule has 252 valence electrons. The maximum Gasteiger partial charge on any atom is 0.251 e. The number of hydrogen-bond acceptors (Lipinski definition) is 6. The minimum atomic E-state index is -0.837. The Labute approximate surface area is 283 Å². The topological polar surface area (TPSA) is 90.4 Å². The van der Waals surface area contributed by atoms with Crippen molar-refractivity contribution in [3.8, 4) is 5.75 Å². The second-order valence-corrected chi connectivity index (χ2v) is 14.7. The Balaban J connectivity index is 1.61. The first kappa shape index (κ1) is 34.8. The molecule has 7 atom stereocenters. The first-order chi connectivity index (χ1) is 22.6. The number of carbonyl (C=O) groups is 3. The van der Waals surface area contributed by atoms with Crippen molar-refractivity contribution in [3.05, 3.63) is 78.9 Å². The molecule has 3 aliphatic heterocycles. The van der Waals surface area contributed by atoms with Gasteiger partial charge in [-0.15, -0.1) is 24.9 Å². The molecule has 9 heteroatoms. The third-order valence-corrected chi connectivity index (χ3v) is 12.4. The molecule has 2 unspecified atom stereocenters. The molecule has 2 aromatic rings. The van der Waals surface area contributed by atoms with E-state index in [9.17, 15) is 14.7 Å². The van der Waals surface area contributed by atoms with Crippen molar-refractivity contribution < 1.29 is 24.2 Å². The number of likely N-dealkylation sites (tertiary alicyclic amines) is 1. The van der Waals surface area contributed by atoms with Crippen LogP contribution < -0.4 is 14.5 Å². The number of carbonyl (C=O) groups excluding carboxylic acids is 3. The largest absolute Gasteiger partial charge is 0.494 e. The third kappa shape index (κ3) is 5.90. The van der Waals surface area contributed by atoms with Crippen LogP contribution in [0.2, 0.25) is 0 Å². The normalized spacial score (nSPS) is 25.7. The second kappa shape index (κ2) is 14.3. The summed E-state index contributed by atoms with van der Waals surface area (Å²) in [5.41, 5.74) is 3.43. The number of rotatable bonds is 14. The van der Waals surface area contributed by atoms with Gasteiger partial charge >= 0.3 is 0 Å². The van der Waals surface area contributed by atoms with Gasteiger partial charge in [0.15, 0.2) is 0 Å². The summed E-state index contributed by atoms with van der Waals surface area (Å²) < 4.78 is 4.83. The summed E-state index contributed by atoms with van der Waals surface area (Å²) in [5.74, 6) is -1.17. The molecule has 3 amide bonds. The first-order valence-corrected chi connectivity index (χ1v) is 17.7. The Morgan fingerprint density at radius 2 is 1.70 bits per heavy atom. The minimum Gasteiger partial charge on any atom is -0.494 e. The van der Waals surface area contributed by atoms with Crippen molar-refractivity contribution in [1.82, 2.24) is 4.90 Å². The van der Waals surface area contributed by atoms with Gasteiger partial charge in [0.05, 0.1) is 35.8 Å². The van der Waals surface area contributed by atoms with Crippen LogP contribution in [0.15, 0.2) is 67.8 Å². The van der Waals surface area contributed by atoms with Gasteiger partial charge in [0.1, 0.15) is 11.8 Å². The molecule has 0 aliphatic carbocycles. The molecule has 47 heavy (non-hydrogen) atoms. The van der Waals surface area contributed by atoms with E-state index in [0.29, 0.717) is 24.5 Å². The molecule has 1 N–H and O–H groups in total. The van der Waals surface area contributed by atoms with Gasteiger partial charge in [-0.2, -0.15) is 0 Å². The molecule has 5 rings (SSSR count). The Morgan fingerprint density at radius 3 is 2.28 bits per heavy atom. The van der Waals surface area contributed by atoms with E-state index in [0.717, 1.165) is 29.7 Å². The van der Waals surface area contributed by atoms with Crippen LogP contribution in [0.1, 0.15) is 51.2 Å². The van der Waals surface area contributed by atoms with Crippen molar-refractivity contribution in [1.29, 1.82) is 0 Å². The number of amides is 3. The van der Waals surface area contributed by atoms with Crippen molar-refractivity contribution in [3.63, 3.8) is 0 Å². The van der Waals surface area contributed by atoms with E-state index in [2.05, 4.69) is 13.2 Å². The highest BCUT2D eigenvalue weighted by Gasteiger charge is 2.75. The van der Waals surface area contributed by atoms with Gasteiger partial charge in [0, 0.05) is 29.7 Å².